The lowest BCUT2D eigenvalue weighted by Gasteiger charge is -2.18. The maximum Gasteiger partial charge on any atom is 0.320 e. The Kier molecular flexibility index (Phi) is 8.25. The largest absolute Gasteiger partial charge is 0.466 e. The molecule has 16 heavy (non-hydrogen) atoms. The molecule has 0 bridgehead atoms. The molecule has 5 heteroatoms. The van der Waals surface area contributed by atoms with Crippen LogP contribution in [0.15, 0.2) is 0 Å². The van der Waals surface area contributed by atoms with E-state index in [0.717, 1.165) is 6.42 Å². The summed E-state index contributed by atoms with van der Waals surface area (Å²) in [6.07, 6.45) is 1.42. The summed E-state index contributed by atoms with van der Waals surface area (Å²) in [5.41, 5.74) is 0. The molecule has 0 aromatic rings. The van der Waals surface area contributed by atoms with Crippen LogP contribution in [0, 0.1) is 5.92 Å². The third kappa shape index (κ3) is 4.96. The lowest BCUT2D eigenvalue weighted by Crippen LogP contribution is -2.33. The third-order valence-corrected chi connectivity index (χ3v) is 3.07. The molecule has 2 unspecified atom stereocenters. The lowest BCUT2D eigenvalue weighted by molar-refractivity contribution is -0.154. The maximum absolute atomic E-state index is 11.6. The van der Waals surface area contributed by atoms with Crippen molar-refractivity contribution >= 4 is 27.9 Å². The number of hydrogen-bond acceptors (Lipinski definition) is 4. The van der Waals surface area contributed by atoms with E-state index in [0.29, 0.717) is 19.6 Å². The van der Waals surface area contributed by atoms with Gasteiger partial charge >= 0.3 is 11.9 Å². The van der Waals surface area contributed by atoms with Gasteiger partial charge in [-0.1, -0.05) is 29.3 Å². The van der Waals surface area contributed by atoms with Gasteiger partial charge in [-0.2, -0.15) is 0 Å². The Bertz CT molecular complexity index is 230. The minimum Gasteiger partial charge on any atom is -0.466 e. The van der Waals surface area contributed by atoms with Crippen LogP contribution < -0.4 is 0 Å². The molecule has 0 radical (unpaired) electrons. The van der Waals surface area contributed by atoms with E-state index < -0.39 is 16.7 Å². The second-order valence-corrected chi connectivity index (χ2v) is 4.29. The quantitative estimate of drug-likeness (QED) is 0.534. The van der Waals surface area contributed by atoms with Crippen molar-refractivity contribution in [2.75, 3.05) is 13.2 Å². The van der Waals surface area contributed by atoms with Crippen LogP contribution in [0.25, 0.3) is 0 Å². The number of carbonyl (C=O) groups excluding carboxylic acids is 2. The zero-order valence-electron chi connectivity index (χ0n) is 9.99. The number of esters is 2. The zero-order chi connectivity index (χ0) is 12.6. The molecule has 0 aromatic heterocycles. The Labute approximate surface area is 105 Å². The summed E-state index contributed by atoms with van der Waals surface area (Å²) >= 11 is 3.21. The van der Waals surface area contributed by atoms with Gasteiger partial charge in [0.15, 0.2) is 0 Å². The Morgan fingerprint density at radius 3 is 2.00 bits per heavy atom. The standard InChI is InChI=1S/C11H19BrO4/c1-4-7-8(10(13)15-5-2)9(12)11(14)16-6-3/h8-9H,4-7H2,1-3H3. The van der Waals surface area contributed by atoms with E-state index in [1.165, 1.54) is 0 Å². The number of alkyl halides is 1. The van der Waals surface area contributed by atoms with Gasteiger partial charge in [-0.25, -0.2) is 0 Å². The van der Waals surface area contributed by atoms with E-state index in [1.807, 2.05) is 6.92 Å². The molecule has 0 aliphatic rings. The van der Waals surface area contributed by atoms with Crippen LogP contribution in [0.4, 0.5) is 0 Å². The minimum absolute atomic E-state index is 0.308. The smallest absolute Gasteiger partial charge is 0.320 e. The molecular formula is C11H19BrO4. The first kappa shape index (κ1) is 15.4. The monoisotopic (exact) mass is 294 g/mol. The van der Waals surface area contributed by atoms with Gasteiger partial charge in [0, 0.05) is 0 Å². The first-order chi connectivity index (χ1) is 7.58. The molecule has 0 aliphatic heterocycles. The van der Waals surface area contributed by atoms with Crippen molar-refractivity contribution in [1.82, 2.24) is 0 Å². The summed E-state index contributed by atoms with van der Waals surface area (Å²) in [6.45, 7) is 6.06. The molecule has 0 spiro atoms. The fourth-order valence-corrected chi connectivity index (χ4v) is 1.94. The van der Waals surface area contributed by atoms with Gasteiger partial charge in [-0.15, -0.1) is 0 Å². The number of halogens is 1. The highest BCUT2D eigenvalue weighted by atomic mass is 79.9. The lowest BCUT2D eigenvalue weighted by atomic mass is 10.00. The highest BCUT2D eigenvalue weighted by molar-refractivity contribution is 9.10. The molecule has 0 fully saturated rings. The molecule has 0 N–H and O–H groups in total. The molecule has 0 amide bonds. The van der Waals surface area contributed by atoms with Gasteiger partial charge in [0.2, 0.25) is 0 Å². The summed E-state index contributed by atoms with van der Waals surface area (Å²) in [5.74, 6) is -1.22. The van der Waals surface area contributed by atoms with Crippen LogP contribution in [-0.4, -0.2) is 30.0 Å². The molecule has 94 valence electrons. The summed E-state index contributed by atoms with van der Waals surface area (Å²) in [5, 5.41) is 0. The van der Waals surface area contributed by atoms with Gasteiger partial charge in [-0.3, -0.25) is 9.59 Å². The summed E-state index contributed by atoms with van der Waals surface area (Å²) in [4.78, 5) is 22.5. The number of rotatable bonds is 7. The zero-order valence-corrected chi connectivity index (χ0v) is 11.6. The van der Waals surface area contributed by atoms with Crippen molar-refractivity contribution in [1.29, 1.82) is 0 Å². The van der Waals surface area contributed by atoms with Crippen molar-refractivity contribution in [3.05, 3.63) is 0 Å². The molecule has 2 atom stereocenters. The van der Waals surface area contributed by atoms with Crippen LogP contribution in [0.1, 0.15) is 33.6 Å². The molecule has 0 saturated heterocycles. The number of hydrogen-bond donors (Lipinski definition) is 0. The van der Waals surface area contributed by atoms with Gasteiger partial charge in [0.25, 0.3) is 0 Å². The van der Waals surface area contributed by atoms with E-state index in [-0.39, 0.29) is 5.97 Å². The first-order valence-corrected chi connectivity index (χ1v) is 6.47. The fourth-order valence-electron chi connectivity index (χ4n) is 1.33. The Morgan fingerprint density at radius 1 is 1.06 bits per heavy atom. The third-order valence-electron chi connectivity index (χ3n) is 2.05. The average molecular weight is 295 g/mol. The Morgan fingerprint density at radius 2 is 1.56 bits per heavy atom. The first-order valence-electron chi connectivity index (χ1n) is 5.55. The van der Waals surface area contributed by atoms with Crippen molar-refractivity contribution in [3.8, 4) is 0 Å². The van der Waals surface area contributed by atoms with Gasteiger partial charge in [0.1, 0.15) is 4.83 Å². The molecule has 4 nitrogen and oxygen atoms in total. The summed E-state index contributed by atoms with van der Waals surface area (Å²) in [7, 11) is 0. The Hall–Kier alpha value is -0.580. The normalized spacial score (nSPS) is 14.0. The molecule has 0 saturated carbocycles. The summed E-state index contributed by atoms with van der Waals surface area (Å²) in [6, 6.07) is 0. The van der Waals surface area contributed by atoms with Crippen LogP contribution in [0.2, 0.25) is 0 Å². The van der Waals surface area contributed by atoms with Crippen LogP contribution in [0.3, 0.4) is 0 Å². The second-order valence-electron chi connectivity index (χ2n) is 3.30. The van der Waals surface area contributed by atoms with E-state index >= 15 is 0 Å². The number of ether oxygens (including phenoxy) is 2. The molecular weight excluding hydrogens is 276 g/mol. The van der Waals surface area contributed by atoms with E-state index in [9.17, 15) is 9.59 Å². The van der Waals surface area contributed by atoms with Crippen molar-refractivity contribution in [2.45, 2.75) is 38.4 Å². The predicted octanol–water partition coefficient (Wildman–Crippen LogP) is 2.29. The SMILES string of the molecule is CCCC(C(=O)OCC)C(Br)C(=O)OCC. The Balaban J connectivity index is 4.50. The highest BCUT2D eigenvalue weighted by Gasteiger charge is 2.33. The second kappa shape index (κ2) is 8.56. The topological polar surface area (TPSA) is 52.6 Å². The minimum atomic E-state index is -0.619. The van der Waals surface area contributed by atoms with Crippen molar-refractivity contribution < 1.29 is 19.1 Å². The van der Waals surface area contributed by atoms with Crippen LogP contribution in [0.5, 0.6) is 0 Å². The molecule has 0 heterocycles. The van der Waals surface area contributed by atoms with Gasteiger partial charge < -0.3 is 9.47 Å². The summed E-state index contributed by atoms with van der Waals surface area (Å²) < 4.78 is 9.79. The maximum atomic E-state index is 11.6. The highest BCUT2D eigenvalue weighted by Crippen LogP contribution is 2.21. The van der Waals surface area contributed by atoms with Crippen molar-refractivity contribution in [2.24, 2.45) is 5.92 Å². The molecule has 0 aliphatic carbocycles. The van der Waals surface area contributed by atoms with E-state index in [4.69, 9.17) is 9.47 Å². The van der Waals surface area contributed by atoms with E-state index in [1.54, 1.807) is 13.8 Å². The molecule has 0 aromatic carbocycles. The molecule has 0 rings (SSSR count). The van der Waals surface area contributed by atoms with E-state index in [2.05, 4.69) is 15.9 Å². The van der Waals surface area contributed by atoms with Crippen molar-refractivity contribution in [3.63, 3.8) is 0 Å². The van der Waals surface area contributed by atoms with Crippen LogP contribution in [-0.2, 0) is 19.1 Å². The predicted molar refractivity (Wildman–Crippen MR) is 64.4 cm³/mol. The average Bonchev–Trinajstić information content (AvgIpc) is 2.25. The fraction of sp³-hybridized carbons (Fsp3) is 0.818. The van der Waals surface area contributed by atoms with Gasteiger partial charge in [0.05, 0.1) is 19.1 Å². The number of carbonyl (C=O) groups is 2. The van der Waals surface area contributed by atoms with Crippen LogP contribution >= 0.6 is 15.9 Å². The van der Waals surface area contributed by atoms with Gasteiger partial charge in [-0.05, 0) is 20.3 Å².